The third-order valence-electron chi connectivity index (χ3n) is 4.24. The van der Waals surface area contributed by atoms with Crippen LogP contribution in [-0.4, -0.2) is 22.2 Å². The molecule has 1 atom stereocenters. The van der Waals surface area contributed by atoms with E-state index in [4.69, 9.17) is 11.6 Å². The van der Waals surface area contributed by atoms with Gasteiger partial charge in [-0.05, 0) is 23.8 Å². The maximum absolute atomic E-state index is 12.2. The molecule has 0 spiro atoms. The summed E-state index contributed by atoms with van der Waals surface area (Å²) in [5, 5.41) is 11.7. The van der Waals surface area contributed by atoms with Crippen LogP contribution in [0.3, 0.4) is 0 Å². The fourth-order valence-corrected chi connectivity index (χ4v) is 3.05. The van der Waals surface area contributed by atoms with Crippen molar-refractivity contribution in [1.29, 1.82) is 0 Å². The van der Waals surface area contributed by atoms with Gasteiger partial charge in [-0.25, -0.2) is 4.68 Å². The van der Waals surface area contributed by atoms with Crippen LogP contribution in [0.25, 0.3) is 11.3 Å². The van der Waals surface area contributed by atoms with Gasteiger partial charge in [0.05, 0.1) is 12.2 Å². The van der Waals surface area contributed by atoms with Crippen LogP contribution in [0.2, 0.25) is 5.02 Å². The molecular weight excluding hydrogens is 336 g/mol. The molecule has 1 aliphatic heterocycles. The van der Waals surface area contributed by atoms with Gasteiger partial charge in [0.2, 0.25) is 0 Å². The van der Waals surface area contributed by atoms with Crippen molar-refractivity contribution >= 4 is 17.5 Å². The van der Waals surface area contributed by atoms with Crippen LogP contribution < -0.4 is 10.6 Å². The summed E-state index contributed by atoms with van der Waals surface area (Å²) in [7, 11) is 0. The van der Waals surface area contributed by atoms with Gasteiger partial charge in [-0.15, -0.1) is 0 Å². The maximum Gasteiger partial charge on any atom is 0.269 e. The zero-order valence-corrected chi connectivity index (χ0v) is 14.2. The molecule has 2 heterocycles. The fraction of sp³-hybridized carbons (Fsp3) is 0.158. The van der Waals surface area contributed by atoms with Gasteiger partial charge in [0.1, 0.15) is 11.9 Å². The molecular formula is C19H17ClN4O. The van der Waals surface area contributed by atoms with E-state index in [1.54, 1.807) is 4.68 Å². The Hall–Kier alpha value is -2.63. The van der Waals surface area contributed by atoms with Crippen LogP contribution in [-0.2, 0) is 6.54 Å². The summed E-state index contributed by atoms with van der Waals surface area (Å²) >= 11 is 5.95. The highest BCUT2D eigenvalue weighted by Crippen LogP contribution is 2.24. The number of hydrogen-bond donors (Lipinski definition) is 2. The van der Waals surface area contributed by atoms with Crippen molar-refractivity contribution in [2.24, 2.45) is 0 Å². The lowest BCUT2D eigenvalue weighted by atomic mass is 10.1. The molecule has 2 aromatic carbocycles. The van der Waals surface area contributed by atoms with Crippen LogP contribution in [0.15, 0.2) is 60.7 Å². The van der Waals surface area contributed by atoms with E-state index >= 15 is 0 Å². The summed E-state index contributed by atoms with van der Waals surface area (Å²) < 4.78 is 1.77. The van der Waals surface area contributed by atoms with Gasteiger partial charge in [0, 0.05) is 17.1 Å². The molecule has 1 aromatic heterocycles. The molecule has 126 valence electrons. The minimum Gasteiger partial charge on any atom is -0.347 e. The van der Waals surface area contributed by atoms with E-state index in [0.29, 0.717) is 23.8 Å². The molecule has 1 amide bonds. The van der Waals surface area contributed by atoms with Gasteiger partial charge >= 0.3 is 0 Å². The van der Waals surface area contributed by atoms with E-state index in [-0.39, 0.29) is 12.1 Å². The molecule has 0 saturated heterocycles. The number of benzene rings is 2. The predicted octanol–water partition coefficient (Wildman–Crippen LogP) is 3.24. The van der Waals surface area contributed by atoms with Gasteiger partial charge in [-0.3, -0.25) is 10.1 Å². The van der Waals surface area contributed by atoms with E-state index in [9.17, 15) is 4.79 Å². The Kier molecular flexibility index (Phi) is 4.26. The quantitative estimate of drug-likeness (QED) is 0.758. The van der Waals surface area contributed by atoms with Crippen LogP contribution in [0.4, 0.5) is 0 Å². The maximum atomic E-state index is 12.2. The van der Waals surface area contributed by atoms with Crippen molar-refractivity contribution in [3.05, 3.63) is 76.9 Å². The van der Waals surface area contributed by atoms with Crippen LogP contribution in [0.1, 0.15) is 22.2 Å². The Labute approximate surface area is 150 Å². The second-order valence-electron chi connectivity index (χ2n) is 5.96. The molecule has 0 fully saturated rings. The standard InChI is InChI=1S/C19H17ClN4O/c20-15-8-6-14(7-9-15)16-10-17-19(25)22-12-18(24(17)23-16)21-11-13-4-2-1-3-5-13/h1-10,18,21H,11-12H2,(H,22,25)/t18-/m0/s1. The van der Waals surface area contributed by atoms with Crippen molar-refractivity contribution in [1.82, 2.24) is 20.4 Å². The highest BCUT2D eigenvalue weighted by Gasteiger charge is 2.27. The minimum absolute atomic E-state index is 0.0889. The van der Waals surface area contributed by atoms with Gasteiger partial charge in [0.15, 0.2) is 0 Å². The zero-order valence-electron chi connectivity index (χ0n) is 13.4. The van der Waals surface area contributed by atoms with Crippen molar-refractivity contribution in [3.8, 4) is 11.3 Å². The monoisotopic (exact) mass is 352 g/mol. The van der Waals surface area contributed by atoms with E-state index in [0.717, 1.165) is 11.3 Å². The second-order valence-corrected chi connectivity index (χ2v) is 6.40. The number of nitrogens with zero attached hydrogens (tertiary/aromatic N) is 2. The minimum atomic E-state index is -0.106. The van der Waals surface area contributed by atoms with Crippen LogP contribution >= 0.6 is 11.6 Å². The van der Waals surface area contributed by atoms with Gasteiger partial charge in [0.25, 0.3) is 5.91 Å². The van der Waals surface area contributed by atoms with E-state index in [1.165, 1.54) is 5.56 Å². The van der Waals surface area contributed by atoms with Gasteiger partial charge in [-0.2, -0.15) is 5.10 Å². The van der Waals surface area contributed by atoms with E-state index in [2.05, 4.69) is 27.9 Å². The number of amides is 1. The molecule has 0 aliphatic carbocycles. The Morgan fingerprint density at radius 2 is 1.92 bits per heavy atom. The Morgan fingerprint density at radius 1 is 1.16 bits per heavy atom. The topological polar surface area (TPSA) is 59.0 Å². The number of rotatable bonds is 4. The molecule has 0 bridgehead atoms. The average molecular weight is 353 g/mol. The normalized spacial score (nSPS) is 16.4. The first-order chi connectivity index (χ1) is 12.2. The third-order valence-corrected chi connectivity index (χ3v) is 4.50. The van der Waals surface area contributed by atoms with Crippen LogP contribution in [0.5, 0.6) is 0 Å². The number of nitrogens with one attached hydrogen (secondary N) is 2. The summed E-state index contributed by atoms with van der Waals surface area (Å²) in [5.74, 6) is -0.106. The zero-order chi connectivity index (χ0) is 17.2. The largest absolute Gasteiger partial charge is 0.347 e. The first-order valence-corrected chi connectivity index (χ1v) is 8.49. The van der Waals surface area contributed by atoms with Gasteiger partial charge < -0.3 is 5.32 Å². The van der Waals surface area contributed by atoms with Crippen molar-refractivity contribution in [2.75, 3.05) is 6.54 Å². The molecule has 0 saturated carbocycles. The molecule has 6 heteroatoms. The molecule has 0 radical (unpaired) electrons. The SMILES string of the molecule is O=C1NC[C@@H](NCc2ccccc2)n2nc(-c3ccc(Cl)cc3)cc21. The lowest BCUT2D eigenvalue weighted by Gasteiger charge is -2.25. The van der Waals surface area contributed by atoms with Crippen LogP contribution in [0, 0.1) is 0 Å². The number of carbonyl (C=O) groups is 1. The molecule has 25 heavy (non-hydrogen) atoms. The highest BCUT2D eigenvalue weighted by molar-refractivity contribution is 6.30. The number of carbonyl (C=O) groups excluding carboxylic acids is 1. The van der Waals surface area contributed by atoms with E-state index in [1.807, 2.05) is 48.5 Å². The molecule has 3 aromatic rings. The fourth-order valence-electron chi connectivity index (χ4n) is 2.92. The highest BCUT2D eigenvalue weighted by atomic mass is 35.5. The Balaban J connectivity index is 1.60. The lowest BCUT2D eigenvalue weighted by molar-refractivity contribution is 0.0900. The molecule has 4 rings (SSSR count). The number of fused-ring (bicyclic) bond motifs is 1. The Morgan fingerprint density at radius 3 is 2.68 bits per heavy atom. The summed E-state index contributed by atoms with van der Waals surface area (Å²) in [5.41, 5.74) is 3.43. The summed E-state index contributed by atoms with van der Waals surface area (Å²) in [6, 6.07) is 19.4. The number of halogens is 1. The molecule has 5 nitrogen and oxygen atoms in total. The number of hydrogen-bond acceptors (Lipinski definition) is 3. The summed E-state index contributed by atoms with van der Waals surface area (Å²) in [4.78, 5) is 12.2. The Bertz CT molecular complexity index is 890. The first-order valence-electron chi connectivity index (χ1n) is 8.12. The van der Waals surface area contributed by atoms with E-state index < -0.39 is 0 Å². The second kappa shape index (κ2) is 6.70. The van der Waals surface area contributed by atoms with Crippen molar-refractivity contribution in [3.63, 3.8) is 0 Å². The molecule has 1 aliphatic rings. The summed E-state index contributed by atoms with van der Waals surface area (Å²) in [6.45, 7) is 1.21. The molecule has 2 N–H and O–H groups in total. The predicted molar refractivity (Wildman–Crippen MR) is 97.3 cm³/mol. The van der Waals surface area contributed by atoms with Crippen molar-refractivity contribution < 1.29 is 4.79 Å². The smallest absolute Gasteiger partial charge is 0.269 e. The number of aromatic nitrogens is 2. The van der Waals surface area contributed by atoms with Crippen molar-refractivity contribution in [2.45, 2.75) is 12.7 Å². The third kappa shape index (κ3) is 3.29. The average Bonchev–Trinajstić information content (AvgIpc) is 3.09. The van der Waals surface area contributed by atoms with Gasteiger partial charge in [-0.1, -0.05) is 54.1 Å². The first kappa shape index (κ1) is 15.9. The lowest BCUT2D eigenvalue weighted by Crippen LogP contribution is -2.45. The molecule has 0 unspecified atom stereocenters. The summed E-state index contributed by atoms with van der Waals surface area (Å²) in [6.07, 6.45) is -0.0889.